The first kappa shape index (κ1) is 11.2. The Kier molecular flexibility index (Phi) is 3.01. The number of halogens is 2. The Morgan fingerprint density at radius 2 is 2.38 bits per heavy atom. The minimum Gasteiger partial charge on any atom is -0.481 e. The minimum absolute atomic E-state index is 0.0654. The molecule has 1 aromatic rings. The van der Waals surface area contributed by atoms with Crippen LogP contribution < -0.4 is 5.32 Å². The molecule has 1 aromatic carbocycles. The quantitative estimate of drug-likeness (QED) is 0.855. The van der Waals surface area contributed by atoms with Crippen molar-refractivity contribution < 1.29 is 14.3 Å². The van der Waals surface area contributed by atoms with Gasteiger partial charge in [0, 0.05) is 12.2 Å². The monoisotopic (exact) mass is 243 g/mol. The number of carboxylic acid groups (broad SMARTS) is 1. The van der Waals surface area contributed by atoms with Gasteiger partial charge in [-0.15, -0.1) is 0 Å². The van der Waals surface area contributed by atoms with Crippen molar-refractivity contribution in [1.29, 1.82) is 0 Å². The van der Waals surface area contributed by atoms with Crippen molar-refractivity contribution in [2.45, 2.75) is 6.42 Å². The molecule has 1 aliphatic carbocycles. The molecular weight excluding hydrogens is 233 g/mol. The molecule has 0 bridgehead atoms. The predicted molar refractivity (Wildman–Crippen MR) is 59.1 cm³/mol. The van der Waals surface area contributed by atoms with E-state index in [2.05, 4.69) is 5.32 Å². The van der Waals surface area contributed by atoms with Crippen molar-refractivity contribution in [3.05, 3.63) is 29.0 Å². The predicted octanol–water partition coefficient (Wildman–Crippen LogP) is 2.61. The number of anilines is 1. The van der Waals surface area contributed by atoms with Gasteiger partial charge in [-0.3, -0.25) is 4.79 Å². The molecular formula is C11H11ClFNO2. The number of nitrogens with one attached hydrogen (secondary N) is 1. The Hall–Kier alpha value is -1.29. The highest BCUT2D eigenvalue weighted by Crippen LogP contribution is 2.38. The fourth-order valence-electron chi connectivity index (χ4n) is 1.63. The smallest absolute Gasteiger partial charge is 0.306 e. The van der Waals surface area contributed by atoms with Gasteiger partial charge in [0.05, 0.1) is 10.9 Å². The van der Waals surface area contributed by atoms with E-state index < -0.39 is 11.8 Å². The number of carboxylic acids is 1. The number of hydrogen-bond donors (Lipinski definition) is 2. The van der Waals surface area contributed by atoms with Crippen molar-refractivity contribution in [3.63, 3.8) is 0 Å². The van der Waals surface area contributed by atoms with Crippen LogP contribution in [0, 0.1) is 17.7 Å². The van der Waals surface area contributed by atoms with Crippen molar-refractivity contribution in [3.8, 4) is 0 Å². The maximum atomic E-state index is 12.8. The van der Waals surface area contributed by atoms with Crippen LogP contribution in [0.1, 0.15) is 6.42 Å². The fourth-order valence-corrected chi connectivity index (χ4v) is 1.81. The Bertz CT molecular complexity index is 424. The third-order valence-corrected chi connectivity index (χ3v) is 3.02. The van der Waals surface area contributed by atoms with Gasteiger partial charge in [0.15, 0.2) is 0 Å². The average molecular weight is 244 g/mol. The third kappa shape index (κ3) is 2.44. The van der Waals surface area contributed by atoms with Gasteiger partial charge in [0.2, 0.25) is 0 Å². The van der Waals surface area contributed by atoms with Crippen molar-refractivity contribution in [2.75, 3.05) is 11.9 Å². The zero-order valence-electron chi connectivity index (χ0n) is 8.41. The van der Waals surface area contributed by atoms with Gasteiger partial charge in [-0.05, 0) is 30.5 Å². The van der Waals surface area contributed by atoms with Crippen LogP contribution in [0.15, 0.2) is 18.2 Å². The Labute approximate surface area is 97.2 Å². The molecule has 0 radical (unpaired) electrons. The molecule has 1 fully saturated rings. The molecule has 0 spiro atoms. The summed E-state index contributed by atoms with van der Waals surface area (Å²) < 4.78 is 12.8. The molecule has 5 heteroatoms. The van der Waals surface area contributed by atoms with Crippen molar-refractivity contribution >= 4 is 23.3 Å². The van der Waals surface area contributed by atoms with Crippen LogP contribution in [-0.4, -0.2) is 17.6 Å². The molecule has 2 unspecified atom stereocenters. The lowest BCUT2D eigenvalue weighted by Crippen LogP contribution is -2.08. The van der Waals surface area contributed by atoms with E-state index in [-0.39, 0.29) is 16.9 Å². The summed E-state index contributed by atoms with van der Waals surface area (Å²) in [6, 6.07) is 4.36. The summed E-state index contributed by atoms with van der Waals surface area (Å²) in [4.78, 5) is 10.6. The maximum absolute atomic E-state index is 12.8. The fraction of sp³-hybridized carbons (Fsp3) is 0.364. The number of carbonyl (C=O) groups is 1. The molecule has 3 nitrogen and oxygen atoms in total. The molecule has 2 rings (SSSR count). The number of rotatable bonds is 4. The van der Waals surface area contributed by atoms with Crippen LogP contribution in [0.4, 0.5) is 10.1 Å². The van der Waals surface area contributed by atoms with E-state index in [9.17, 15) is 9.18 Å². The average Bonchev–Trinajstić information content (AvgIpc) is 2.99. The summed E-state index contributed by atoms with van der Waals surface area (Å²) in [7, 11) is 0. The molecule has 16 heavy (non-hydrogen) atoms. The zero-order valence-corrected chi connectivity index (χ0v) is 9.17. The third-order valence-electron chi connectivity index (χ3n) is 2.73. The Morgan fingerprint density at radius 3 is 2.94 bits per heavy atom. The molecule has 0 aromatic heterocycles. The topological polar surface area (TPSA) is 49.3 Å². The number of benzene rings is 1. The van der Waals surface area contributed by atoms with Crippen LogP contribution in [0.5, 0.6) is 0 Å². The highest BCUT2D eigenvalue weighted by Gasteiger charge is 2.42. The number of hydrogen-bond acceptors (Lipinski definition) is 2. The largest absolute Gasteiger partial charge is 0.481 e. The van der Waals surface area contributed by atoms with Crippen LogP contribution in [0.2, 0.25) is 5.02 Å². The summed E-state index contributed by atoms with van der Waals surface area (Å²) in [5.41, 5.74) is 0.711. The molecule has 1 saturated carbocycles. The van der Waals surface area contributed by atoms with E-state index in [4.69, 9.17) is 16.7 Å². The Morgan fingerprint density at radius 1 is 1.62 bits per heavy atom. The lowest BCUT2D eigenvalue weighted by Gasteiger charge is -2.06. The van der Waals surface area contributed by atoms with Crippen LogP contribution in [-0.2, 0) is 4.79 Å². The second-order valence-electron chi connectivity index (χ2n) is 3.95. The first-order valence-corrected chi connectivity index (χ1v) is 5.37. The zero-order chi connectivity index (χ0) is 11.7. The van der Waals surface area contributed by atoms with Crippen LogP contribution in [0.3, 0.4) is 0 Å². The van der Waals surface area contributed by atoms with E-state index in [1.807, 2.05) is 0 Å². The molecule has 2 atom stereocenters. The van der Waals surface area contributed by atoms with E-state index in [0.29, 0.717) is 18.7 Å². The summed E-state index contributed by atoms with van der Waals surface area (Å²) in [6.07, 6.45) is 0.706. The molecule has 86 valence electrons. The van der Waals surface area contributed by atoms with Gasteiger partial charge in [0.25, 0.3) is 0 Å². The lowest BCUT2D eigenvalue weighted by molar-refractivity contribution is -0.138. The van der Waals surface area contributed by atoms with Gasteiger partial charge in [-0.1, -0.05) is 11.6 Å². The van der Waals surface area contributed by atoms with Crippen molar-refractivity contribution in [1.82, 2.24) is 0 Å². The summed E-state index contributed by atoms with van der Waals surface area (Å²) >= 11 is 5.61. The van der Waals surface area contributed by atoms with Gasteiger partial charge < -0.3 is 10.4 Å². The van der Waals surface area contributed by atoms with E-state index >= 15 is 0 Å². The highest BCUT2D eigenvalue weighted by atomic mass is 35.5. The van der Waals surface area contributed by atoms with Gasteiger partial charge in [0.1, 0.15) is 5.82 Å². The molecule has 0 saturated heterocycles. The van der Waals surface area contributed by atoms with Crippen LogP contribution in [0.25, 0.3) is 0 Å². The normalized spacial score (nSPS) is 22.9. The second-order valence-corrected chi connectivity index (χ2v) is 4.36. The molecule has 1 aliphatic rings. The Balaban J connectivity index is 1.87. The minimum atomic E-state index is -0.746. The van der Waals surface area contributed by atoms with E-state index in [0.717, 1.165) is 0 Å². The first-order chi connectivity index (χ1) is 7.58. The lowest BCUT2D eigenvalue weighted by atomic mass is 10.2. The van der Waals surface area contributed by atoms with Gasteiger partial charge in [-0.2, -0.15) is 0 Å². The van der Waals surface area contributed by atoms with E-state index in [1.54, 1.807) is 6.07 Å². The van der Waals surface area contributed by atoms with Crippen molar-refractivity contribution in [2.24, 2.45) is 11.8 Å². The second kappa shape index (κ2) is 4.29. The summed E-state index contributed by atoms with van der Waals surface area (Å²) in [5.74, 6) is -1.27. The number of aliphatic carboxylic acids is 1. The van der Waals surface area contributed by atoms with Gasteiger partial charge >= 0.3 is 5.97 Å². The molecule has 0 aliphatic heterocycles. The molecule has 0 amide bonds. The molecule has 2 N–H and O–H groups in total. The first-order valence-electron chi connectivity index (χ1n) is 4.99. The maximum Gasteiger partial charge on any atom is 0.306 e. The summed E-state index contributed by atoms with van der Waals surface area (Å²) in [6.45, 7) is 0.582. The SMILES string of the molecule is O=C(O)C1CC1CNc1ccc(F)c(Cl)c1. The standard InChI is InChI=1S/C11H11ClFNO2/c12-9-4-7(1-2-10(9)13)14-5-6-3-8(6)11(15)16/h1-2,4,6,8,14H,3,5H2,(H,15,16). The highest BCUT2D eigenvalue weighted by molar-refractivity contribution is 6.31. The van der Waals surface area contributed by atoms with Crippen LogP contribution >= 0.6 is 11.6 Å². The molecule has 0 heterocycles. The van der Waals surface area contributed by atoms with Gasteiger partial charge in [-0.25, -0.2) is 4.39 Å². The summed E-state index contributed by atoms with van der Waals surface area (Å²) in [5, 5.41) is 11.8. The van der Waals surface area contributed by atoms with E-state index in [1.165, 1.54) is 12.1 Å².